The first-order chi connectivity index (χ1) is 14.8. The Balaban J connectivity index is 1.71. The van der Waals surface area contributed by atoms with E-state index in [2.05, 4.69) is 15.1 Å². The van der Waals surface area contributed by atoms with Crippen LogP contribution >= 0.6 is 0 Å². The first kappa shape index (κ1) is 21.5. The van der Waals surface area contributed by atoms with Crippen LogP contribution in [0.25, 0.3) is 22.2 Å². The minimum Gasteiger partial charge on any atom is -0.462 e. The fourth-order valence-electron chi connectivity index (χ4n) is 3.95. The van der Waals surface area contributed by atoms with Gasteiger partial charge in [-0.3, -0.25) is 4.68 Å². The number of pyridine rings is 1. The van der Waals surface area contributed by atoms with Crippen molar-refractivity contribution in [2.24, 2.45) is 0 Å². The molecule has 0 bridgehead atoms. The monoisotopic (exact) mass is 445 g/mol. The third-order valence-electron chi connectivity index (χ3n) is 5.96. The third kappa shape index (κ3) is 3.85. The zero-order valence-corrected chi connectivity index (χ0v) is 18.8. The number of aromatic amines is 1. The second-order valence-electron chi connectivity index (χ2n) is 8.06. The van der Waals surface area contributed by atoms with Gasteiger partial charge in [0.25, 0.3) is 0 Å². The molecule has 0 aromatic carbocycles. The number of rotatable bonds is 8. The van der Waals surface area contributed by atoms with Gasteiger partial charge in [-0.25, -0.2) is 18.2 Å². The lowest BCUT2D eigenvalue weighted by atomic mass is 9.89. The Morgan fingerprint density at radius 3 is 2.74 bits per heavy atom. The quantitative estimate of drug-likeness (QED) is 0.422. The number of nitrogens with one attached hydrogen (secondary N) is 1. The van der Waals surface area contributed by atoms with E-state index >= 15 is 0 Å². The number of nitrogens with zero attached hydrogens (tertiary/aromatic N) is 4. The topological polar surface area (TPSA) is 110 Å². The van der Waals surface area contributed by atoms with Crippen molar-refractivity contribution in [1.82, 2.24) is 24.1 Å². The fraction of sp³-hybridized carbons (Fsp3) is 0.476. The molecule has 4 heterocycles. The van der Waals surface area contributed by atoms with Crippen molar-refractivity contribution in [3.63, 3.8) is 0 Å². The predicted molar refractivity (Wildman–Crippen MR) is 117 cm³/mol. The lowest BCUT2D eigenvalue weighted by molar-refractivity contribution is 0.0500. The largest absolute Gasteiger partial charge is 0.462 e. The van der Waals surface area contributed by atoms with E-state index in [4.69, 9.17) is 4.74 Å². The van der Waals surface area contributed by atoms with Gasteiger partial charge in [0.1, 0.15) is 5.65 Å². The molecule has 1 fully saturated rings. The molecule has 1 saturated heterocycles. The highest BCUT2D eigenvalue weighted by Gasteiger charge is 2.47. The number of hydrogen-bond acceptors (Lipinski definition) is 6. The van der Waals surface area contributed by atoms with Crippen LogP contribution in [-0.2, 0) is 20.3 Å². The standard InChI is InChI=1S/C21H27N5O4S/c1-4-6-9-30-20(27)17-11-23-19-16(7-8-22-19)18(17)15-10-24-26(12-15)21(5-2)13-25(14-21)31(3,28)29/h7-8,10-12H,4-6,9,13-14H2,1-3H3,(H,22,23). The first-order valence-corrected chi connectivity index (χ1v) is 12.3. The summed E-state index contributed by atoms with van der Waals surface area (Å²) < 4.78 is 32.4. The number of carbonyl (C=O) groups is 1. The van der Waals surface area contributed by atoms with Crippen molar-refractivity contribution in [3.05, 3.63) is 36.4 Å². The smallest absolute Gasteiger partial charge is 0.340 e. The van der Waals surface area contributed by atoms with Gasteiger partial charge in [0.2, 0.25) is 10.0 Å². The van der Waals surface area contributed by atoms with Crippen LogP contribution < -0.4 is 0 Å². The normalized spacial score (nSPS) is 16.4. The summed E-state index contributed by atoms with van der Waals surface area (Å²) >= 11 is 0. The van der Waals surface area contributed by atoms with Crippen LogP contribution in [0.15, 0.2) is 30.9 Å². The molecule has 0 spiro atoms. The summed E-state index contributed by atoms with van der Waals surface area (Å²) in [5.41, 5.74) is 2.14. The number of fused-ring (bicyclic) bond motifs is 1. The number of sulfonamides is 1. The Kier molecular flexibility index (Phi) is 5.61. The SMILES string of the molecule is CCCCOC(=O)c1cnc2[nH]ccc2c1-c1cnn(C2(CC)CN(S(C)(=O)=O)C2)c1. The van der Waals surface area contributed by atoms with Gasteiger partial charge in [-0.2, -0.15) is 9.40 Å². The van der Waals surface area contributed by atoms with Gasteiger partial charge in [-0.05, 0) is 18.9 Å². The molecule has 1 N–H and O–H groups in total. The van der Waals surface area contributed by atoms with Crippen molar-refractivity contribution in [3.8, 4) is 11.1 Å². The minimum absolute atomic E-state index is 0.361. The predicted octanol–water partition coefficient (Wildman–Crippen LogP) is 2.76. The van der Waals surface area contributed by atoms with Crippen molar-refractivity contribution < 1.29 is 17.9 Å². The van der Waals surface area contributed by atoms with Gasteiger partial charge < -0.3 is 9.72 Å². The molecular weight excluding hydrogens is 418 g/mol. The van der Waals surface area contributed by atoms with Crippen molar-refractivity contribution in [2.45, 2.75) is 38.6 Å². The lowest BCUT2D eigenvalue weighted by Crippen LogP contribution is -2.63. The van der Waals surface area contributed by atoms with Crippen LogP contribution in [0.5, 0.6) is 0 Å². The molecule has 1 aliphatic heterocycles. The summed E-state index contributed by atoms with van der Waals surface area (Å²) in [6, 6.07) is 1.88. The maximum atomic E-state index is 12.8. The van der Waals surface area contributed by atoms with Gasteiger partial charge in [0.05, 0.1) is 30.2 Å². The molecule has 3 aromatic heterocycles. The maximum Gasteiger partial charge on any atom is 0.340 e. The summed E-state index contributed by atoms with van der Waals surface area (Å²) in [6.07, 6.45) is 10.6. The minimum atomic E-state index is -3.23. The Morgan fingerprint density at radius 1 is 1.29 bits per heavy atom. The summed E-state index contributed by atoms with van der Waals surface area (Å²) in [4.78, 5) is 20.2. The summed E-state index contributed by atoms with van der Waals surface area (Å²) in [5, 5.41) is 5.36. The molecule has 0 saturated carbocycles. The highest BCUT2D eigenvalue weighted by atomic mass is 32.2. The van der Waals surface area contributed by atoms with Gasteiger partial charge in [0.15, 0.2) is 0 Å². The number of ether oxygens (including phenoxy) is 1. The number of hydrogen-bond donors (Lipinski definition) is 1. The van der Waals surface area contributed by atoms with Gasteiger partial charge in [-0.1, -0.05) is 20.3 Å². The third-order valence-corrected chi connectivity index (χ3v) is 7.16. The number of H-pyrrole nitrogens is 1. The molecule has 0 radical (unpaired) electrons. The number of esters is 1. The molecule has 10 heteroatoms. The molecule has 3 aromatic rings. The average molecular weight is 446 g/mol. The van der Waals surface area contributed by atoms with E-state index in [0.29, 0.717) is 36.5 Å². The maximum absolute atomic E-state index is 12.8. The molecular formula is C21H27N5O4S. The van der Waals surface area contributed by atoms with E-state index < -0.39 is 21.5 Å². The molecule has 9 nitrogen and oxygen atoms in total. The van der Waals surface area contributed by atoms with Crippen LogP contribution in [0.4, 0.5) is 0 Å². The van der Waals surface area contributed by atoms with E-state index in [-0.39, 0.29) is 0 Å². The van der Waals surface area contributed by atoms with E-state index in [1.54, 1.807) is 12.4 Å². The van der Waals surface area contributed by atoms with Crippen LogP contribution in [0.3, 0.4) is 0 Å². The fourth-order valence-corrected chi connectivity index (χ4v) is 4.90. The summed E-state index contributed by atoms with van der Waals surface area (Å²) in [5.74, 6) is -0.413. The van der Waals surface area contributed by atoms with Crippen molar-refractivity contribution >= 4 is 27.0 Å². The number of aromatic nitrogens is 4. The first-order valence-electron chi connectivity index (χ1n) is 10.4. The lowest BCUT2D eigenvalue weighted by Gasteiger charge is -2.48. The Morgan fingerprint density at radius 2 is 2.06 bits per heavy atom. The van der Waals surface area contributed by atoms with E-state index in [1.165, 1.54) is 16.8 Å². The molecule has 0 aliphatic carbocycles. The zero-order valence-electron chi connectivity index (χ0n) is 18.0. The molecule has 0 amide bonds. The highest BCUT2D eigenvalue weighted by molar-refractivity contribution is 7.88. The summed E-state index contributed by atoms with van der Waals surface area (Å²) in [7, 11) is -3.23. The van der Waals surface area contributed by atoms with E-state index in [1.807, 2.05) is 30.8 Å². The molecule has 0 unspecified atom stereocenters. The van der Waals surface area contributed by atoms with Crippen molar-refractivity contribution in [1.29, 1.82) is 0 Å². The van der Waals surface area contributed by atoms with Crippen LogP contribution in [0, 0.1) is 0 Å². The molecule has 1 aliphatic rings. The molecule has 166 valence electrons. The van der Waals surface area contributed by atoms with Crippen LogP contribution in [0.1, 0.15) is 43.5 Å². The van der Waals surface area contributed by atoms with Gasteiger partial charge in [0, 0.05) is 48.2 Å². The molecule has 31 heavy (non-hydrogen) atoms. The Labute approximate surface area is 181 Å². The number of carbonyl (C=O) groups excluding carboxylic acids is 1. The average Bonchev–Trinajstić information content (AvgIpc) is 3.35. The second-order valence-corrected chi connectivity index (χ2v) is 10.0. The van der Waals surface area contributed by atoms with Gasteiger partial charge >= 0.3 is 5.97 Å². The molecule has 0 atom stereocenters. The van der Waals surface area contributed by atoms with Crippen molar-refractivity contribution in [2.75, 3.05) is 26.0 Å². The van der Waals surface area contributed by atoms with Gasteiger partial charge in [-0.15, -0.1) is 0 Å². The van der Waals surface area contributed by atoms with Crippen LogP contribution in [0.2, 0.25) is 0 Å². The number of unbranched alkanes of at least 4 members (excludes halogenated alkanes) is 1. The molecule has 4 rings (SSSR count). The van der Waals surface area contributed by atoms with E-state index in [0.717, 1.165) is 30.2 Å². The Hall–Kier alpha value is -2.72. The highest BCUT2D eigenvalue weighted by Crippen LogP contribution is 2.37. The Bertz CT molecular complexity index is 1210. The summed E-state index contributed by atoms with van der Waals surface area (Å²) in [6.45, 7) is 5.18. The second kappa shape index (κ2) is 8.08. The van der Waals surface area contributed by atoms with E-state index in [9.17, 15) is 13.2 Å². The van der Waals surface area contributed by atoms with Crippen LogP contribution in [-0.4, -0.2) is 64.4 Å². The zero-order chi connectivity index (χ0) is 22.2.